The van der Waals surface area contributed by atoms with Crippen molar-refractivity contribution < 1.29 is 13.5 Å². The average molecular weight is 249 g/mol. The molecule has 0 aromatic heterocycles. The number of aliphatic hydroxyl groups excluding tert-OH is 1. The molecule has 1 N–H and O–H groups in total. The van der Waals surface area contributed by atoms with Crippen molar-refractivity contribution in [1.29, 1.82) is 0 Å². The minimum atomic E-state index is -3.33. The van der Waals surface area contributed by atoms with E-state index in [9.17, 15) is 8.42 Å². The highest BCUT2D eigenvalue weighted by Gasteiger charge is 2.32. The lowest BCUT2D eigenvalue weighted by Crippen LogP contribution is -2.44. The molecule has 0 aromatic carbocycles. The summed E-state index contributed by atoms with van der Waals surface area (Å²) in [5.74, 6) is 0.598. The highest BCUT2D eigenvalue weighted by molar-refractivity contribution is 7.89. The molecule has 0 radical (unpaired) electrons. The van der Waals surface area contributed by atoms with Crippen molar-refractivity contribution in [1.82, 2.24) is 4.31 Å². The van der Waals surface area contributed by atoms with Crippen LogP contribution in [0.1, 0.15) is 39.5 Å². The first kappa shape index (κ1) is 13.9. The van der Waals surface area contributed by atoms with Gasteiger partial charge >= 0.3 is 0 Å². The summed E-state index contributed by atoms with van der Waals surface area (Å²) < 4.78 is 25.5. The van der Waals surface area contributed by atoms with Crippen molar-refractivity contribution in [3.63, 3.8) is 0 Å². The van der Waals surface area contributed by atoms with Gasteiger partial charge in [0.25, 0.3) is 0 Å². The molecular formula is C11H23NO3S. The first-order valence-corrected chi connectivity index (χ1v) is 7.47. The van der Waals surface area contributed by atoms with Gasteiger partial charge in [-0.1, -0.05) is 19.8 Å². The number of aliphatic hydroxyl groups is 1. The summed E-state index contributed by atoms with van der Waals surface area (Å²) in [5.41, 5.74) is 0. The maximum absolute atomic E-state index is 12.0. The smallest absolute Gasteiger partial charge is 0.218 e. The van der Waals surface area contributed by atoms with Crippen LogP contribution in [0.15, 0.2) is 0 Å². The predicted molar refractivity (Wildman–Crippen MR) is 64.7 cm³/mol. The van der Waals surface area contributed by atoms with Gasteiger partial charge in [-0.15, -0.1) is 0 Å². The van der Waals surface area contributed by atoms with Gasteiger partial charge in [0.1, 0.15) is 0 Å². The fourth-order valence-corrected chi connectivity index (χ4v) is 3.68. The van der Waals surface area contributed by atoms with Crippen molar-refractivity contribution in [2.75, 3.05) is 13.7 Å². The summed E-state index contributed by atoms with van der Waals surface area (Å²) in [6, 6.07) is 0.114. The summed E-state index contributed by atoms with van der Waals surface area (Å²) in [5, 5.41) is 8.26. The Balaban J connectivity index is 2.73. The summed E-state index contributed by atoms with van der Waals surface area (Å²) in [6.45, 7) is 3.41. The first-order chi connectivity index (χ1) is 7.39. The summed E-state index contributed by atoms with van der Waals surface area (Å²) in [7, 11) is -1.69. The Morgan fingerprint density at radius 1 is 1.44 bits per heavy atom. The van der Waals surface area contributed by atoms with Gasteiger partial charge in [-0.2, -0.15) is 0 Å². The van der Waals surface area contributed by atoms with Crippen LogP contribution in [-0.4, -0.2) is 42.8 Å². The van der Waals surface area contributed by atoms with E-state index in [2.05, 4.69) is 6.92 Å². The second-order valence-electron chi connectivity index (χ2n) is 4.98. The SMILES string of the molecule is CC1CCCC(N(C)S(=O)(=O)C(C)CO)C1. The van der Waals surface area contributed by atoms with Gasteiger partial charge in [0.15, 0.2) is 0 Å². The Morgan fingerprint density at radius 2 is 2.06 bits per heavy atom. The maximum Gasteiger partial charge on any atom is 0.218 e. The molecule has 1 rings (SSSR count). The topological polar surface area (TPSA) is 57.6 Å². The minimum absolute atomic E-state index is 0.114. The van der Waals surface area contributed by atoms with Gasteiger partial charge in [-0.3, -0.25) is 0 Å². The normalized spacial score (nSPS) is 29.3. The lowest BCUT2D eigenvalue weighted by atomic mass is 9.87. The van der Waals surface area contributed by atoms with Crippen LogP contribution in [0.5, 0.6) is 0 Å². The molecule has 3 atom stereocenters. The quantitative estimate of drug-likeness (QED) is 0.814. The predicted octanol–water partition coefficient (Wildman–Crippen LogP) is 1.21. The molecule has 0 spiro atoms. The lowest BCUT2D eigenvalue weighted by Gasteiger charge is -2.34. The zero-order valence-corrected chi connectivity index (χ0v) is 11.2. The molecule has 0 bridgehead atoms. The average Bonchev–Trinajstić information content (AvgIpc) is 2.26. The van der Waals surface area contributed by atoms with Crippen LogP contribution in [0, 0.1) is 5.92 Å². The number of hydrogen-bond donors (Lipinski definition) is 1. The molecule has 4 nitrogen and oxygen atoms in total. The zero-order chi connectivity index (χ0) is 12.3. The van der Waals surface area contributed by atoms with Crippen LogP contribution < -0.4 is 0 Å². The Labute approximate surface area is 98.7 Å². The van der Waals surface area contributed by atoms with E-state index in [0.29, 0.717) is 5.92 Å². The van der Waals surface area contributed by atoms with Crippen LogP contribution >= 0.6 is 0 Å². The van der Waals surface area contributed by atoms with E-state index in [1.807, 2.05) is 0 Å². The minimum Gasteiger partial charge on any atom is -0.395 e. The molecule has 0 aromatic rings. The largest absolute Gasteiger partial charge is 0.395 e. The van der Waals surface area contributed by atoms with E-state index in [4.69, 9.17) is 5.11 Å². The molecule has 96 valence electrons. The van der Waals surface area contributed by atoms with E-state index in [1.165, 1.54) is 10.7 Å². The molecule has 3 unspecified atom stereocenters. The maximum atomic E-state index is 12.0. The van der Waals surface area contributed by atoms with E-state index in [-0.39, 0.29) is 12.6 Å². The van der Waals surface area contributed by atoms with E-state index >= 15 is 0 Å². The third-order valence-electron chi connectivity index (χ3n) is 3.59. The van der Waals surface area contributed by atoms with E-state index in [1.54, 1.807) is 14.0 Å². The Hall–Kier alpha value is -0.130. The molecule has 0 saturated heterocycles. The Kier molecular flexibility index (Phi) is 4.76. The number of sulfonamides is 1. The number of hydrogen-bond acceptors (Lipinski definition) is 3. The van der Waals surface area contributed by atoms with Gasteiger partial charge in [0.2, 0.25) is 10.0 Å². The van der Waals surface area contributed by atoms with Gasteiger partial charge < -0.3 is 5.11 Å². The van der Waals surface area contributed by atoms with Gasteiger partial charge in [0, 0.05) is 13.1 Å². The fourth-order valence-electron chi connectivity index (χ4n) is 2.32. The lowest BCUT2D eigenvalue weighted by molar-refractivity contribution is 0.232. The molecule has 1 saturated carbocycles. The summed E-state index contributed by atoms with van der Waals surface area (Å²) >= 11 is 0. The second kappa shape index (κ2) is 5.47. The molecule has 1 aliphatic rings. The van der Waals surface area contributed by atoms with E-state index in [0.717, 1.165) is 19.3 Å². The van der Waals surface area contributed by atoms with Crippen molar-refractivity contribution in [3.05, 3.63) is 0 Å². The van der Waals surface area contributed by atoms with Crippen molar-refractivity contribution in [2.45, 2.75) is 50.8 Å². The Bertz CT molecular complexity index is 315. The molecule has 0 aliphatic heterocycles. The number of rotatable bonds is 4. The van der Waals surface area contributed by atoms with Gasteiger partial charge in [0.05, 0.1) is 11.9 Å². The second-order valence-corrected chi connectivity index (χ2v) is 7.39. The fraction of sp³-hybridized carbons (Fsp3) is 1.00. The molecular weight excluding hydrogens is 226 g/mol. The highest BCUT2D eigenvalue weighted by Crippen LogP contribution is 2.28. The van der Waals surface area contributed by atoms with Crippen LogP contribution in [-0.2, 0) is 10.0 Å². The van der Waals surface area contributed by atoms with Crippen molar-refractivity contribution in [2.24, 2.45) is 5.92 Å². The van der Waals surface area contributed by atoms with Crippen molar-refractivity contribution in [3.8, 4) is 0 Å². The molecule has 1 fully saturated rings. The number of nitrogens with zero attached hydrogens (tertiary/aromatic N) is 1. The van der Waals surface area contributed by atoms with Crippen LogP contribution in [0.2, 0.25) is 0 Å². The van der Waals surface area contributed by atoms with E-state index < -0.39 is 15.3 Å². The third-order valence-corrected chi connectivity index (χ3v) is 5.86. The standard InChI is InChI=1S/C11H23NO3S/c1-9-5-4-6-11(7-9)12(3)16(14,15)10(2)8-13/h9-11,13H,4-8H2,1-3H3. The summed E-state index contributed by atoms with van der Waals surface area (Å²) in [6.07, 6.45) is 4.17. The summed E-state index contributed by atoms with van der Waals surface area (Å²) in [4.78, 5) is 0. The van der Waals surface area contributed by atoms with Crippen LogP contribution in [0.4, 0.5) is 0 Å². The zero-order valence-electron chi connectivity index (χ0n) is 10.4. The van der Waals surface area contributed by atoms with Gasteiger partial charge in [-0.25, -0.2) is 12.7 Å². The molecule has 0 heterocycles. The molecule has 0 amide bonds. The first-order valence-electron chi connectivity index (χ1n) is 5.97. The third kappa shape index (κ3) is 2.96. The van der Waals surface area contributed by atoms with Crippen LogP contribution in [0.3, 0.4) is 0 Å². The van der Waals surface area contributed by atoms with Crippen LogP contribution in [0.25, 0.3) is 0 Å². The molecule has 1 aliphatic carbocycles. The molecule has 16 heavy (non-hydrogen) atoms. The molecule has 5 heteroatoms. The van der Waals surface area contributed by atoms with Crippen molar-refractivity contribution >= 4 is 10.0 Å². The van der Waals surface area contributed by atoms with Gasteiger partial charge in [-0.05, 0) is 25.7 Å². The monoisotopic (exact) mass is 249 g/mol. The Morgan fingerprint density at radius 3 is 2.56 bits per heavy atom. The highest BCUT2D eigenvalue weighted by atomic mass is 32.2.